The van der Waals surface area contributed by atoms with Crippen molar-refractivity contribution < 1.29 is 18.9 Å². The van der Waals surface area contributed by atoms with Crippen LogP contribution in [0, 0.1) is 156 Å². The van der Waals surface area contributed by atoms with E-state index in [0.717, 1.165) is 75.0 Å². The number of rotatable bonds is 16. The zero-order valence-electron chi connectivity index (χ0n) is 76.8. The Morgan fingerprint density at radius 3 is 0.928 bits per heavy atom. The smallest absolute Gasteiger partial charge is 0.138 e. The van der Waals surface area contributed by atoms with E-state index >= 15 is 0 Å². The molecule has 0 saturated carbocycles. The molecule has 8 aromatic carbocycles. The summed E-state index contributed by atoms with van der Waals surface area (Å²) in [5, 5.41) is 0. The van der Waals surface area contributed by atoms with E-state index in [1.54, 1.807) is 0 Å². The molecule has 0 saturated heterocycles. The highest BCUT2D eigenvalue weighted by Crippen LogP contribution is 2.64. The molecule has 0 fully saturated rings. The molecule has 4 heterocycles. The molecule has 602 valence electrons. The number of fused-ring (bicyclic) bond motifs is 4. The van der Waals surface area contributed by atoms with Crippen LogP contribution in [0.2, 0.25) is 0 Å². The standard InChI is InChI=1S/C31H46O.C27H38O.C26H36O.C23H30O/c1-10-18-30(19-11-2)27-17-15-22(6)24(8)29(27)32-31(20-12-3,28(30)13-4)26-16-14-21(5)23(7)25(26)9;1-10-26(11-2)22(9)27(12-3,23-15-13-17(4)19(6)21(23)8)28-25-20(7)18(5)14-16-24(25)26;1-10-26(11-2)21(8)25(9,22-14-12-16(3)18(5)20(22)7)27-24-19(6)17(4)13-15-23(24)26;1-14-9-11-19(18(5)16(14)3)23(8)13-22(6,7)20-12-10-15(2)17(4)21(20)24-23/h14-17,28H,10-13,18-20H2,1-9H3;13-16,22H,10-12H2,1-9H3;12-15,21H,10-11H2,1-9H3;9-12H,13H2,1-8H3. The lowest BCUT2D eigenvalue weighted by atomic mass is 9.54. The summed E-state index contributed by atoms with van der Waals surface area (Å²) in [6.45, 7) is 79.9. The maximum atomic E-state index is 7.38. The molecular formula is C107H150O4. The van der Waals surface area contributed by atoms with Crippen LogP contribution < -0.4 is 18.9 Å². The van der Waals surface area contributed by atoms with Crippen LogP contribution in [0.15, 0.2) is 97.1 Å². The van der Waals surface area contributed by atoms with Gasteiger partial charge in [0, 0.05) is 62.7 Å². The molecule has 0 aliphatic carbocycles. The molecule has 12 rings (SSSR count). The first-order valence-corrected chi connectivity index (χ1v) is 43.6. The van der Waals surface area contributed by atoms with E-state index in [-0.39, 0.29) is 44.1 Å². The number of hydrogen-bond donors (Lipinski definition) is 0. The minimum Gasteiger partial charge on any atom is -0.482 e. The lowest BCUT2D eigenvalue weighted by Crippen LogP contribution is -2.55. The largest absolute Gasteiger partial charge is 0.482 e. The van der Waals surface area contributed by atoms with Gasteiger partial charge in [-0.1, -0.05) is 206 Å². The molecule has 0 aromatic heterocycles. The minimum absolute atomic E-state index is 0.0893. The Morgan fingerprint density at radius 1 is 0.270 bits per heavy atom. The van der Waals surface area contributed by atoms with Gasteiger partial charge in [0.1, 0.15) is 45.4 Å². The first-order chi connectivity index (χ1) is 52.1. The summed E-state index contributed by atoms with van der Waals surface area (Å²) in [5.74, 6) is 5.78. The summed E-state index contributed by atoms with van der Waals surface area (Å²) in [6, 6.07) is 36.9. The summed E-state index contributed by atoms with van der Waals surface area (Å²) in [7, 11) is 0. The molecule has 4 nitrogen and oxygen atoms in total. The van der Waals surface area contributed by atoms with Gasteiger partial charge < -0.3 is 18.9 Å². The van der Waals surface area contributed by atoms with Crippen molar-refractivity contribution in [3.63, 3.8) is 0 Å². The number of ether oxygens (including phenoxy) is 4. The predicted octanol–water partition coefficient (Wildman–Crippen LogP) is 30.2. The third-order valence-electron chi connectivity index (χ3n) is 31.2. The van der Waals surface area contributed by atoms with Crippen molar-refractivity contribution >= 4 is 0 Å². The van der Waals surface area contributed by atoms with Crippen LogP contribution in [0.1, 0.15) is 343 Å². The van der Waals surface area contributed by atoms with E-state index < -0.39 is 0 Å². The van der Waals surface area contributed by atoms with Gasteiger partial charge in [0.15, 0.2) is 0 Å². The Kier molecular flexibility index (Phi) is 26.5. The maximum absolute atomic E-state index is 7.38. The molecule has 0 radical (unpaired) electrons. The molecule has 7 atom stereocenters. The van der Waals surface area contributed by atoms with Gasteiger partial charge in [0.05, 0.1) is 0 Å². The van der Waals surface area contributed by atoms with Gasteiger partial charge in [-0.3, -0.25) is 0 Å². The number of hydrogen-bond acceptors (Lipinski definition) is 4. The van der Waals surface area contributed by atoms with Crippen molar-refractivity contribution in [2.24, 2.45) is 17.8 Å². The molecule has 4 heteroatoms. The molecule has 0 bridgehead atoms. The van der Waals surface area contributed by atoms with Crippen molar-refractivity contribution in [2.75, 3.05) is 0 Å². The minimum atomic E-state index is -0.333. The Labute approximate surface area is 678 Å². The molecule has 4 aliphatic heterocycles. The Bertz CT molecular complexity index is 4700. The monoisotopic (exact) mass is 1500 g/mol. The highest BCUT2D eigenvalue weighted by Gasteiger charge is 2.59. The van der Waals surface area contributed by atoms with Crippen molar-refractivity contribution in [3.05, 3.63) is 253 Å². The van der Waals surface area contributed by atoms with Crippen LogP contribution in [0.5, 0.6) is 23.0 Å². The fourth-order valence-corrected chi connectivity index (χ4v) is 22.5. The van der Waals surface area contributed by atoms with Gasteiger partial charge in [0.2, 0.25) is 0 Å². The Balaban J connectivity index is 0.000000171. The predicted molar refractivity (Wildman–Crippen MR) is 478 cm³/mol. The third kappa shape index (κ3) is 14.6. The van der Waals surface area contributed by atoms with Crippen molar-refractivity contribution in [3.8, 4) is 23.0 Å². The van der Waals surface area contributed by atoms with E-state index in [2.05, 4.69) is 339 Å². The average Bonchev–Trinajstić information content (AvgIpc) is 0.492. The average molecular weight is 1500 g/mol. The fraction of sp³-hybridized carbons (Fsp3) is 0.551. The van der Waals surface area contributed by atoms with Crippen LogP contribution in [0.4, 0.5) is 0 Å². The first kappa shape index (κ1) is 87.9. The molecule has 8 aromatic rings. The maximum Gasteiger partial charge on any atom is 0.138 e. The summed E-state index contributed by atoms with van der Waals surface area (Å²) in [4.78, 5) is 0. The lowest BCUT2D eigenvalue weighted by molar-refractivity contribution is -0.0736. The number of benzene rings is 8. The van der Waals surface area contributed by atoms with E-state index in [4.69, 9.17) is 18.9 Å². The van der Waals surface area contributed by atoms with E-state index in [9.17, 15) is 0 Å². The number of aryl methyl sites for hydroxylation is 8. The summed E-state index contributed by atoms with van der Waals surface area (Å²) < 4.78 is 28.2. The zero-order chi connectivity index (χ0) is 82.5. The van der Waals surface area contributed by atoms with Gasteiger partial charge in [-0.15, -0.1) is 0 Å². The molecule has 0 spiro atoms. The summed E-state index contributed by atoms with van der Waals surface area (Å²) >= 11 is 0. The SMILES string of the molecule is CCC1(CC)c2ccc(C)c(C)c2OC(C)(c2ccc(C)c(C)c2C)C1C.CCC1(CC)c2ccc(C)c(C)c2OC(CC)(c2ccc(C)c(C)c2C)C1C.CCCC1(CCC)c2ccc(C)c(C)c2OC(CCC)(c2ccc(C)c(C)c2C)C1CC.Cc1ccc(C2(C)CC(C)(C)c3ccc(C)c(C)c3O2)c(C)c1C. The third-order valence-corrected chi connectivity index (χ3v) is 31.2. The fourth-order valence-electron chi connectivity index (χ4n) is 22.5. The van der Waals surface area contributed by atoms with E-state index in [0.29, 0.717) is 17.8 Å². The van der Waals surface area contributed by atoms with Gasteiger partial charge >= 0.3 is 0 Å². The lowest BCUT2D eigenvalue weighted by Gasteiger charge is -2.57. The molecule has 0 N–H and O–H groups in total. The molecule has 0 amide bonds. The highest BCUT2D eigenvalue weighted by molar-refractivity contribution is 5.59. The second-order valence-electron chi connectivity index (χ2n) is 36.7. The van der Waals surface area contributed by atoms with Crippen LogP contribution in [0.25, 0.3) is 0 Å². The Morgan fingerprint density at radius 2 is 0.559 bits per heavy atom. The van der Waals surface area contributed by atoms with Crippen LogP contribution in [-0.2, 0) is 44.1 Å². The van der Waals surface area contributed by atoms with Crippen LogP contribution in [0.3, 0.4) is 0 Å². The second kappa shape index (κ2) is 33.4. The van der Waals surface area contributed by atoms with Crippen molar-refractivity contribution in [1.82, 2.24) is 0 Å². The van der Waals surface area contributed by atoms with E-state index in [1.807, 2.05) is 0 Å². The highest BCUT2D eigenvalue weighted by atomic mass is 16.5. The van der Waals surface area contributed by atoms with Crippen molar-refractivity contribution in [1.29, 1.82) is 0 Å². The topological polar surface area (TPSA) is 36.9 Å². The molecule has 111 heavy (non-hydrogen) atoms. The normalized spacial score (nSPS) is 22.7. The summed E-state index contributed by atoms with van der Waals surface area (Å²) in [5.41, 5.74) is 37.4. The summed E-state index contributed by atoms with van der Waals surface area (Å²) in [6.07, 6.45) is 14.7. The molecule has 7 unspecified atom stereocenters. The van der Waals surface area contributed by atoms with Gasteiger partial charge in [0.25, 0.3) is 0 Å². The van der Waals surface area contributed by atoms with Gasteiger partial charge in [-0.2, -0.15) is 0 Å². The van der Waals surface area contributed by atoms with E-state index in [1.165, 1.54) is 187 Å². The van der Waals surface area contributed by atoms with Crippen LogP contribution >= 0.6 is 0 Å². The molecular weight excluding hydrogens is 1350 g/mol. The molecule has 4 aliphatic rings. The quantitative estimate of drug-likeness (QED) is 0.0966. The zero-order valence-corrected chi connectivity index (χ0v) is 76.8. The van der Waals surface area contributed by atoms with Gasteiger partial charge in [-0.25, -0.2) is 0 Å². The Hall–Kier alpha value is -7.04. The van der Waals surface area contributed by atoms with Gasteiger partial charge in [-0.05, 0) is 349 Å². The van der Waals surface area contributed by atoms with Crippen molar-refractivity contribution in [2.45, 2.75) is 370 Å². The second-order valence-corrected chi connectivity index (χ2v) is 36.7. The van der Waals surface area contributed by atoms with Crippen LogP contribution in [-0.4, -0.2) is 0 Å². The first-order valence-electron chi connectivity index (χ1n) is 43.6.